The fraction of sp³-hybridized carbons (Fsp3) is 0.917. The van der Waals surface area contributed by atoms with Crippen molar-refractivity contribution in [1.29, 1.82) is 0 Å². The fourth-order valence-corrected chi connectivity index (χ4v) is 1.99. The molecule has 0 N–H and O–H groups in total. The Kier molecular flexibility index (Phi) is 10.3. The van der Waals surface area contributed by atoms with Crippen LogP contribution in [0.2, 0.25) is 0 Å². The zero-order chi connectivity index (χ0) is 14.0. The van der Waals surface area contributed by atoms with Crippen molar-refractivity contribution >= 4 is 17.5 Å². The molecule has 0 saturated heterocycles. The highest BCUT2D eigenvalue weighted by molar-refractivity contribution is 6.18. The number of carbonyl (C=O) groups is 1. The molecule has 0 rings (SSSR count). The Bertz CT molecular complexity index is 226. The molecule has 0 aliphatic rings. The first-order chi connectivity index (χ1) is 8.56. The second kappa shape index (κ2) is 10.5. The highest BCUT2D eigenvalue weighted by Crippen LogP contribution is 2.10. The van der Waals surface area contributed by atoms with Gasteiger partial charge in [-0.05, 0) is 12.8 Å². The van der Waals surface area contributed by atoms with E-state index in [1.807, 2.05) is 13.8 Å². The van der Waals surface area contributed by atoms with Gasteiger partial charge >= 0.3 is 0 Å². The number of nitrogens with zero attached hydrogens (tertiary/aromatic N) is 1. The lowest BCUT2D eigenvalue weighted by Gasteiger charge is -2.30. The average Bonchev–Trinajstić information content (AvgIpc) is 2.34. The van der Waals surface area contributed by atoms with Crippen molar-refractivity contribution in [2.24, 2.45) is 0 Å². The van der Waals surface area contributed by atoms with E-state index in [4.69, 9.17) is 16.3 Å². The van der Waals surface area contributed by atoms with Gasteiger partial charge < -0.3 is 9.64 Å². The van der Waals surface area contributed by atoms with Gasteiger partial charge in [0.05, 0.1) is 13.0 Å². The summed E-state index contributed by atoms with van der Waals surface area (Å²) in [4.78, 5) is 13.7. The molecule has 0 aromatic heterocycles. The van der Waals surface area contributed by atoms with Crippen LogP contribution in [0.5, 0.6) is 0 Å². The van der Waals surface area contributed by atoms with Crippen LogP contribution in [0.25, 0.3) is 0 Å². The van der Waals surface area contributed by atoms with Crippen molar-refractivity contribution in [3.05, 3.63) is 0 Å². The Balaban J connectivity index is 4.13. The van der Waals surface area contributed by atoms with Crippen molar-refractivity contribution in [3.63, 3.8) is 0 Å². The third-order valence-corrected chi connectivity index (χ3v) is 2.90. The van der Waals surface area contributed by atoms with E-state index in [1.165, 1.54) is 0 Å². The van der Waals surface area contributed by atoms with E-state index >= 15 is 0 Å². The molecule has 3 nitrogen and oxygen atoms in total. The quantitative estimate of drug-likeness (QED) is 0.456. The molecule has 0 spiro atoms. The molecule has 0 aromatic carbocycles. The first-order valence-corrected chi connectivity index (χ1v) is 6.81. The highest BCUT2D eigenvalue weighted by atomic mass is 35.5. The molecular formula is C12H22ClF2NO2. The van der Waals surface area contributed by atoms with Crippen molar-refractivity contribution in [1.82, 2.24) is 4.90 Å². The number of rotatable bonds is 10. The molecule has 6 heteroatoms. The molecule has 0 unspecified atom stereocenters. The topological polar surface area (TPSA) is 29.5 Å². The maximum atomic E-state index is 11.9. The predicted molar refractivity (Wildman–Crippen MR) is 68.2 cm³/mol. The minimum Gasteiger partial charge on any atom is -0.375 e. The Hall–Kier alpha value is -0.420. The van der Waals surface area contributed by atoms with Gasteiger partial charge in [-0.2, -0.15) is 0 Å². The summed E-state index contributed by atoms with van der Waals surface area (Å²) in [7, 11) is 0. The number of halogens is 3. The third-order valence-electron chi connectivity index (χ3n) is 2.73. The zero-order valence-electron chi connectivity index (χ0n) is 11.0. The lowest BCUT2D eigenvalue weighted by molar-refractivity contribution is -0.135. The minimum absolute atomic E-state index is 0.0299. The molecule has 0 aromatic rings. The van der Waals surface area contributed by atoms with Crippen molar-refractivity contribution in [3.8, 4) is 0 Å². The van der Waals surface area contributed by atoms with Crippen LogP contribution >= 0.6 is 11.6 Å². The fourth-order valence-electron chi connectivity index (χ4n) is 1.81. The number of amides is 1. The Morgan fingerprint density at radius 3 is 2.39 bits per heavy atom. The average molecular weight is 286 g/mol. The first kappa shape index (κ1) is 17.6. The summed E-state index contributed by atoms with van der Waals surface area (Å²) >= 11 is 5.68. The summed E-state index contributed by atoms with van der Waals surface area (Å²) in [6.45, 7) is 3.92. The van der Waals surface area contributed by atoms with Gasteiger partial charge in [-0.25, -0.2) is 8.78 Å². The van der Waals surface area contributed by atoms with Crippen molar-refractivity contribution in [2.75, 3.05) is 25.6 Å². The maximum Gasteiger partial charge on any atom is 0.261 e. The normalized spacial score (nSPS) is 11.3. The second-order valence-corrected chi connectivity index (χ2v) is 4.34. The van der Waals surface area contributed by atoms with Gasteiger partial charge in [0.15, 0.2) is 0 Å². The standard InChI is InChI=1S/C12H22ClF2NO2/c1-3-10(4-2)16(7-6-13)12(17)5-8-18-9-11(14)15/h10-11H,3-9H2,1-2H3. The van der Waals surface area contributed by atoms with E-state index in [-0.39, 0.29) is 25.0 Å². The van der Waals surface area contributed by atoms with Crippen molar-refractivity contribution in [2.45, 2.75) is 45.6 Å². The molecule has 0 atom stereocenters. The van der Waals surface area contributed by atoms with Crippen LogP contribution in [-0.2, 0) is 9.53 Å². The predicted octanol–water partition coefficient (Wildman–Crippen LogP) is 2.91. The largest absolute Gasteiger partial charge is 0.375 e. The summed E-state index contributed by atoms with van der Waals surface area (Å²) < 4.78 is 28.4. The SMILES string of the molecule is CCC(CC)N(CCCl)C(=O)CCOCC(F)F. The van der Waals surface area contributed by atoms with E-state index < -0.39 is 13.0 Å². The molecule has 0 aliphatic heterocycles. The van der Waals surface area contributed by atoms with Crippen LogP contribution in [0.4, 0.5) is 8.78 Å². The van der Waals surface area contributed by atoms with Gasteiger partial charge in [-0.3, -0.25) is 4.79 Å². The number of carbonyl (C=O) groups excluding carboxylic acids is 1. The minimum atomic E-state index is -2.49. The first-order valence-electron chi connectivity index (χ1n) is 6.28. The van der Waals surface area contributed by atoms with E-state index in [0.29, 0.717) is 12.4 Å². The van der Waals surface area contributed by atoms with Gasteiger partial charge in [-0.1, -0.05) is 13.8 Å². The van der Waals surface area contributed by atoms with E-state index in [9.17, 15) is 13.6 Å². The van der Waals surface area contributed by atoms with Gasteiger partial charge in [0.1, 0.15) is 6.61 Å². The van der Waals surface area contributed by atoms with Crippen LogP contribution < -0.4 is 0 Å². The van der Waals surface area contributed by atoms with Crippen molar-refractivity contribution < 1.29 is 18.3 Å². The van der Waals surface area contributed by atoms with E-state index in [0.717, 1.165) is 12.8 Å². The maximum absolute atomic E-state index is 11.9. The van der Waals surface area contributed by atoms with Gasteiger partial charge in [0, 0.05) is 18.5 Å². The Morgan fingerprint density at radius 1 is 1.33 bits per heavy atom. The molecule has 18 heavy (non-hydrogen) atoms. The lowest BCUT2D eigenvalue weighted by Crippen LogP contribution is -2.41. The molecule has 108 valence electrons. The number of hydrogen-bond acceptors (Lipinski definition) is 2. The summed E-state index contributed by atoms with van der Waals surface area (Å²) in [5.74, 6) is 0.291. The van der Waals surface area contributed by atoms with Crippen LogP contribution in [0.15, 0.2) is 0 Å². The molecule has 0 heterocycles. The summed E-state index contributed by atoms with van der Waals surface area (Å²) in [6.07, 6.45) is -0.646. The Morgan fingerprint density at radius 2 is 1.94 bits per heavy atom. The van der Waals surface area contributed by atoms with Gasteiger partial charge in [0.25, 0.3) is 6.43 Å². The van der Waals surface area contributed by atoms with Crippen LogP contribution in [0, 0.1) is 0 Å². The number of ether oxygens (including phenoxy) is 1. The molecular weight excluding hydrogens is 264 g/mol. The lowest BCUT2D eigenvalue weighted by atomic mass is 10.1. The monoisotopic (exact) mass is 285 g/mol. The smallest absolute Gasteiger partial charge is 0.261 e. The van der Waals surface area contributed by atoms with Crippen LogP contribution in [0.1, 0.15) is 33.1 Å². The Labute approximate surface area is 112 Å². The summed E-state index contributed by atoms with van der Waals surface area (Å²) in [6, 6.07) is 0.159. The molecule has 0 aliphatic carbocycles. The second-order valence-electron chi connectivity index (χ2n) is 3.96. The molecule has 0 fully saturated rings. The van der Waals surface area contributed by atoms with Gasteiger partial charge in [0.2, 0.25) is 5.91 Å². The summed E-state index contributed by atoms with van der Waals surface area (Å²) in [5, 5.41) is 0. The number of hydrogen-bond donors (Lipinski definition) is 0. The van der Waals surface area contributed by atoms with Crippen LogP contribution in [0.3, 0.4) is 0 Å². The molecule has 1 amide bonds. The van der Waals surface area contributed by atoms with E-state index in [2.05, 4.69) is 0 Å². The zero-order valence-corrected chi connectivity index (χ0v) is 11.8. The summed E-state index contributed by atoms with van der Waals surface area (Å²) in [5.41, 5.74) is 0. The van der Waals surface area contributed by atoms with Gasteiger partial charge in [-0.15, -0.1) is 11.6 Å². The molecule has 0 saturated carbocycles. The molecule has 0 bridgehead atoms. The molecule has 0 radical (unpaired) electrons. The third kappa shape index (κ3) is 7.11. The van der Waals surface area contributed by atoms with Crippen LogP contribution in [-0.4, -0.2) is 48.9 Å². The van der Waals surface area contributed by atoms with E-state index in [1.54, 1.807) is 4.90 Å². The number of alkyl halides is 3. The highest BCUT2D eigenvalue weighted by Gasteiger charge is 2.20.